The quantitative estimate of drug-likeness (QED) is 0.180. The van der Waals surface area contributed by atoms with E-state index in [2.05, 4.69) is 127 Å². The van der Waals surface area contributed by atoms with Crippen molar-refractivity contribution < 1.29 is 21.3 Å². The van der Waals surface area contributed by atoms with Crippen molar-refractivity contribution in [2.75, 3.05) is 0 Å². The van der Waals surface area contributed by atoms with Gasteiger partial charge in [-0.3, -0.25) is 0 Å². The van der Waals surface area contributed by atoms with Gasteiger partial charge in [0.2, 0.25) is 0 Å². The molecule has 248 valence electrons. The zero-order valence-electron chi connectivity index (χ0n) is 27.8. The number of allylic oxidation sites excluding steroid dienone is 4. The van der Waals surface area contributed by atoms with Crippen molar-refractivity contribution in [2.45, 2.75) is 67.2 Å². The Labute approximate surface area is 323 Å². The van der Waals surface area contributed by atoms with Gasteiger partial charge in [-0.05, 0) is 0 Å². The molecule has 4 aromatic carbocycles. The van der Waals surface area contributed by atoms with Crippen molar-refractivity contribution >= 4 is 72.8 Å². The van der Waals surface area contributed by atoms with E-state index in [4.69, 9.17) is 69.6 Å². The first-order valence-corrected chi connectivity index (χ1v) is 22.4. The van der Waals surface area contributed by atoms with Crippen LogP contribution >= 0.6 is 69.6 Å². The van der Waals surface area contributed by atoms with E-state index in [9.17, 15) is 0 Å². The van der Waals surface area contributed by atoms with E-state index < -0.39 is 28.9 Å². The molecule has 4 aromatic rings. The molecule has 48 heavy (non-hydrogen) atoms. The van der Waals surface area contributed by atoms with Crippen LogP contribution < -0.4 is 0 Å². The van der Waals surface area contributed by atoms with Gasteiger partial charge in [0.1, 0.15) is 0 Å². The summed E-state index contributed by atoms with van der Waals surface area (Å²) in [7, 11) is 0. The van der Waals surface area contributed by atoms with Gasteiger partial charge in [-0.25, -0.2) is 0 Å². The van der Waals surface area contributed by atoms with Crippen LogP contribution in [0.5, 0.6) is 0 Å². The molecular weight excluding hydrogens is 796 g/mol. The average molecular weight is 835 g/mol. The summed E-state index contributed by atoms with van der Waals surface area (Å²) in [5.41, 5.74) is 11.8. The number of hydrogen-bond donors (Lipinski definition) is 0. The third kappa shape index (κ3) is 7.42. The maximum atomic E-state index is 6.33. The fourth-order valence-corrected chi connectivity index (χ4v) is 16.9. The van der Waals surface area contributed by atoms with Crippen LogP contribution in [0.2, 0.25) is 3.63 Å². The Bertz CT molecular complexity index is 1810. The molecule has 0 saturated carbocycles. The Balaban J connectivity index is 1.73. The molecule has 0 fully saturated rings. The third-order valence-electron chi connectivity index (χ3n) is 9.46. The van der Waals surface area contributed by atoms with Gasteiger partial charge in [0.05, 0.1) is 0 Å². The number of hydrogen-bond acceptors (Lipinski definition) is 0. The van der Waals surface area contributed by atoms with Crippen LogP contribution in [0.3, 0.4) is 0 Å². The molecule has 0 aliphatic heterocycles. The Morgan fingerprint density at radius 3 is 1.19 bits per heavy atom. The second kappa shape index (κ2) is 13.4. The van der Waals surface area contributed by atoms with Crippen molar-refractivity contribution in [3.63, 3.8) is 0 Å². The van der Waals surface area contributed by atoms with E-state index in [1.807, 2.05) is 24.3 Å². The van der Waals surface area contributed by atoms with Crippen molar-refractivity contribution in [3.8, 4) is 11.1 Å². The number of fused-ring (bicyclic) bond motifs is 3. The zero-order chi connectivity index (χ0) is 34.8. The Hall–Kier alpha value is -1.15. The van der Waals surface area contributed by atoms with Crippen LogP contribution in [0.25, 0.3) is 11.1 Å². The van der Waals surface area contributed by atoms with Crippen LogP contribution in [-0.4, -0.2) is 3.21 Å². The molecule has 7 heteroatoms. The van der Waals surface area contributed by atoms with E-state index in [1.165, 1.54) is 36.6 Å². The van der Waals surface area contributed by atoms with E-state index in [1.54, 1.807) is 0 Å². The molecule has 2 aliphatic carbocycles. The molecule has 0 bridgehead atoms. The van der Waals surface area contributed by atoms with Gasteiger partial charge in [-0.2, -0.15) is 0 Å². The summed E-state index contributed by atoms with van der Waals surface area (Å²) in [6.07, 6.45) is 9.21. The van der Waals surface area contributed by atoms with Crippen LogP contribution in [0.4, 0.5) is 0 Å². The number of alkyl halides is 6. The van der Waals surface area contributed by atoms with E-state index in [0.717, 1.165) is 11.1 Å². The summed E-state index contributed by atoms with van der Waals surface area (Å²) in [6.45, 7) is 13.8. The summed E-state index contributed by atoms with van der Waals surface area (Å²) in [4.78, 5) is 0. The molecule has 0 spiro atoms. The minimum absolute atomic E-state index is 0.00811. The van der Waals surface area contributed by atoms with Gasteiger partial charge in [0, 0.05) is 0 Å². The topological polar surface area (TPSA) is 0 Å². The number of halogens is 6. The minimum atomic E-state index is -2.98. The molecule has 0 radical (unpaired) electrons. The average Bonchev–Trinajstić information content (AvgIpc) is 3.64. The monoisotopic (exact) mass is 830 g/mol. The van der Waals surface area contributed by atoms with Crippen molar-refractivity contribution in [1.29, 1.82) is 0 Å². The fourth-order valence-electron chi connectivity index (χ4n) is 6.82. The van der Waals surface area contributed by atoms with E-state index >= 15 is 0 Å². The molecule has 0 N–H and O–H groups in total. The van der Waals surface area contributed by atoms with Gasteiger partial charge in [-0.1, -0.05) is 0 Å². The molecule has 0 aromatic heterocycles. The molecule has 6 rings (SSSR count). The second-order valence-corrected chi connectivity index (χ2v) is 25.9. The molecule has 0 amide bonds. The van der Waals surface area contributed by atoms with Crippen molar-refractivity contribution in [3.05, 3.63) is 154 Å². The molecule has 0 atom stereocenters. The second-order valence-electron chi connectivity index (χ2n) is 14.8. The zero-order valence-corrected chi connectivity index (χ0v) is 34.8. The predicted octanol–water partition coefficient (Wildman–Crippen LogP) is 13.8. The van der Waals surface area contributed by atoms with Crippen molar-refractivity contribution in [2.24, 2.45) is 0 Å². The Morgan fingerprint density at radius 2 is 0.854 bits per heavy atom. The maximum absolute atomic E-state index is 6.33. The van der Waals surface area contributed by atoms with Gasteiger partial charge >= 0.3 is 326 Å². The van der Waals surface area contributed by atoms with E-state index in [-0.39, 0.29) is 14.5 Å². The standard InChI is InChI=1S/C21H25.C15H8Cl6.C5H5.Zr/c1-20(2,3)16-7-9-18-14(12-16)11-15-13-17(21(4,5)6)8-10-19(15)18;16-14(17,18)12-5-1-10(2-6-12)9-11-3-7-13(8-4-11)15(19,20)21;1-2-4-5-3-1;/h7-13H,1-6H3;1-8H;1-5H;. The Morgan fingerprint density at radius 1 is 0.500 bits per heavy atom. The Kier molecular flexibility index (Phi) is 10.3. The predicted molar refractivity (Wildman–Crippen MR) is 208 cm³/mol. The fraction of sp³-hybridized carbons (Fsp3) is 0.293. The normalized spacial score (nSPS) is 15.2. The third-order valence-corrected chi connectivity index (χ3v) is 19.4. The van der Waals surface area contributed by atoms with Gasteiger partial charge in [-0.15, -0.1) is 0 Å². The molecule has 0 saturated heterocycles. The molecule has 2 aliphatic rings. The summed E-state index contributed by atoms with van der Waals surface area (Å²) >= 11 is 35.0. The number of rotatable bonds is 4. The molecule has 0 unspecified atom stereocenters. The number of benzene rings is 4. The van der Waals surface area contributed by atoms with Crippen LogP contribution in [0.1, 0.15) is 89.7 Å². The molecular formula is C41H38Cl6Zr. The summed E-state index contributed by atoms with van der Waals surface area (Å²) < 4.78 is -1.10. The summed E-state index contributed by atoms with van der Waals surface area (Å²) in [5.74, 6) is 0. The van der Waals surface area contributed by atoms with Gasteiger partial charge in [0.25, 0.3) is 0 Å². The summed E-state index contributed by atoms with van der Waals surface area (Å²) in [6, 6.07) is 30.6. The van der Waals surface area contributed by atoms with E-state index in [0.29, 0.717) is 14.8 Å². The molecule has 0 heterocycles. The van der Waals surface area contributed by atoms with Crippen LogP contribution in [0, 0.1) is 0 Å². The van der Waals surface area contributed by atoms with Gasteiger partial charge in [0.15, 0.2) is 0 Å². The first kappa shape index (κ1) is 36.6. The first-order chi connectivity index (χ1) is 22.3. The van der Waals surface area contributed by atoms with Crippen molar-refractivity contribution in [1.82, 2.24) is 0 Å². The van der Waals surface area contributed by atoms with Gasteiger partial charge < -0.3 is 0 Å². The first-order valence-electron chi connectivity index (χ1n) is 16.1. The molecule has 0 nitrogen and oxygen atoms in total. The van der Waals surface area contributed by atoms with Crippen LogP contribution in [0.15, 0.2) is 109 Å². The SMILES string of the molecule is CC(C)(C)c1ccc2c(c1)[CH]([Zr](=[C](c1ccc(C(Cl)(Cl)Cl)cc1)c1ccc(C(Cl)(Cl)Cl)cc1)[CH]1C=CC=C1)c1cc(C(C)(C)C)ccc1-2. The van der Waals surface area contributed by atoms with Crippen LogP contribution in [-0.2, 0) is 39.7 Å². The summed E-state index contributed by atoms with van der Waals surface area (Å²) in [5, 5.41) is 0.